The van der Waals surface area contributed by atoms with Crippen molar-refractivity contribution >= 4 is 0 Å². The van der Waals surface area contributed by atoms with E-state index >= 15 is 0 Å². The highest BCUT2D eigenvalue weighted by atomic mass is 16.5. The van der Waals surface area contributed by atoms with Crippen LogP contribution in [0.15, 0.2) is 18.2 Å². The molecule has 0 aliphatic carbocycles. The summed E-state index contributed by atoms with van der Waals surface area (Å²) < 4.78 is 10.8. The Balaban J connectivity index is 2.12. The van der Waals surface area contributed by atoms with E-state index in [2.05, 4.69) is 37.2 Å². The maximum atomic E-state index is 5.54. The Morgan fingerprint density at radius 3 is 2.38 bits per heavy atom. The predicted molar refractivity (Wildman–Crippen MR) is 86.2 cm³/mol. The molecular formula is C17H28N2O2. The van der Waals surface area contributed by atoms with Gasteiger partial charge in [-0.15, -0.1) is 0 Å². The zero-order valence-corrected chi connectivity index (χ0v) is 13.9. The Labute approximate surface area is 128 Å². The molecule has 0 radical (unpaired) electrons. The van der Waals surface area contributed by atoms with Crippen LogP contribution in [-0.4, -0.2) is 44.8 Å². The predicted octanol–water partition coefficient (Wildman–Crippen LogP) is 2.84. The molecule has 1 unspecified atom stereocenters. The van der Waals surface area contributed by atoms with Gasteiger partial charge in [-0.1, -0.05) is 6.07 Å². The highest BCUT2D eigenvalue weighted by molar-refractivity contribution is 5.42. The van der Waals surface area contributed by atoms with Gasteiger partial charge in [0, 0.05) is 36.3 Å². The molecule has 1 fully saturated rings. The quantitative estimate of drug-likeness (QED) is 0.905. The first kappa shape index (κ1) is 16.1. The lowest BCUT2D eigenvalue weighted by Crippen LogP contribution is -2.50. The summed E-state index contributed by atoms with van der Waals surface area (Å²) in [6.07, 6.45) is 2.35. The van der Waals surface area contributed by atoms with Gasteiger partial charge in [0.05, 0.1) is 14.2 Å². The minimum Gasteiger partial charge on any atom is -0.497 e. The second-order valence-corrected chi connectivity index (χ2v) is 6.13. The molecule has 1 saturated heterocycles. The van der Waals surface area contributed by atoms with Crippen molar-refractivity contribution in [3.63, 3.8) is 0 Å². The van der Waals surface area contributed by atoms with Crippen molar-refractivity contribution in [1.82, 2.24) is 10.2 Å². The Morgan fingerprint density at radius 2 is 1.86 bits per heavy atom. The number of ether oxygens (including phenoxy) is 2. The molecule has 118 valence electrons. The van der Waals surface area contributed by atoms with Crippen LogP contribution in [0.4, 0.5) is 0 Å². The summed E-state index contributed by atoms with van der Waals surface area (Å²) in [5.74, 6) is 1.74. The van der Waals surface area contributed by atoms with Crippen molar-refractivity contribution in [2.75, 3.05) is 34.4 Å². The summed E-state index contributed by atoms with van der Waals surface area (Å²) in [6.45, 7) is 6.77. The van der Waals surface area contributed by atoms with Gasteiger partial charge >= 0.3 is 0 Å². The van der Waals surface area contributed by atoms with Crippen molar-refractivity contribution in [3.05, 3.63) is 23.8 Å². The summed E-state index contributed by atoms with van der Waals surface area (Å²) in [4.78, 5) is 2.53. The zero-order chi connectivity index (χ0) is 15.5. The van der Waals surface area contributed by atoms with Gasteiger partial charge in [0.2, 0.25) is 0 Å². The van der Waals surface area contributed by atoms with E-state index in [4.69, 9.17) is 9.47 Å². The van der Waals surface area contributed by atoms with E-state index in [-0.39, 0.29) is 5.54 Å². The van der Waals surface area contributed by atoms with Crippen LogP contribution in [0.5, 0.6) is 11.5 Å². The second kappa shape index (κ2) is 6.67. The van der Waals surface area contributed by atoms with E-state index < -0.39 is 0 Å². The highest BCUT2D eigenvalue weighted by Crippen LogP contribution is 2.34. The van der Waals surface area contributed by atoms with Crippen molar-refractivity contribution < 1.29 is 9.47 Å². The van der Waals surface area contributed by atoms with Crippen LogP contribution >= 0.6 is 0 Å². The largest absolute Gasteiger partial charge is 0.497 e. The number of nitrogens with zero attached hydrogens (tertiary/aromatic N) is 1. The Bertz CT molecular complexity index is 468. The molecular weight excluding hydrogens is 264 g/mol. The van der Waals surface area contributed by atoms with Crippen LogP contribution in [0, 0.1) is 0 Å². The lowest BCUT2D eigenvalue weighted by Gasteiger charge is -2.42. The third-order valence-electron chi connectivity index (χ3n) is 4.94. The monoisotopic (exact) mass is 292 g/mol. The number of hydrogen-bond acceptors (Lipinski definition) is 4. The molecule has 0 amide bonds. The van der Waals surface area contributed by atoms with Crippen LogP contribution in [0.1, 0.15) is 38.3 Å². The van der Waals surface area contributed by atoms with Gasteiger partial charge in [-0.05, 0) is 39.8 Å². The van der Waals surface area contributed by atoms with Crippen molar-refractivity contribution in [2.45, 2.75) is 38.3 Å². The van der Waals surface area contributed by atoms with E-state index in [9.17, 15) is 0 Å². The van der Waals surface area contributed by atoms with Crippen molar-refractivity contribution in [1.29, 1.82) is 0 Å². The molecule has 0 saturated carbocycles. The van der Waals surface area contributed by atoms with Gasteiger partial charge in [0.25, 0.3) is 0 Å². The van der Waals surface area contributed by atoms with Crippen LogP contribution in [0.3, 0.4) is 0 Å². The molecule has 0 spiro atoms. The van der Waals surface area contributed by atoms with E-state index in [1.54, 1.807) is 14.2 Å². The fraction of sp³-hybridized carbons (Fsp3) is 0.647. The maximum Gasteiger partial charge on any atom is 0.127 e. The molecule has 1 aromatic carbocycles. The lowest BCUT2D eigenvalue weighted by atomic mass is 9.88. The minimum atomic E-state index is 0.278. The number of benzene rings is 1. The molecule has 1 heterocycles. The van der Waals surface area contributed by atoms with Gasteiger partial charge in [-0.25, -0.2) is 0 Å². The fourth-order valence-corrected chi connectivity index (χ4v) is 3.02. The number of rotatable bonds is 5. The molecule has 1 aliphatic heterocycles. The topological polar surface area (TPSA) is 33.7 Å². The number of methoxy groups -OCH3 is 2. The lowest BCUT2D eigenvalue weighted by molar-refractivity contribution is 0.116. The van der Waals surface area contributed by atoms with E-state index in [0.717, 1.165) is 24.6 Å². The number of hydrogen-bond donors (Lipinski definition) is 1. The van der Waals surface area contributed by atoms with E-state index in [1.807, 2.05) is 12.1 Å². The summed E-state index contributed by atoms with van der Waals surface area (Å²) in [6, 6.07) is 6.45. The van der Waals surface area contributed by atoms with Crippen LogP contribution in [0.25, 0.3) is 0 Å². The maximum absolute atomic E-state index is 5.54. The van der Waals surface area contributed by atoms with Gasteiger partial charge < -0.3 is 14.8 Å². The van der Waals surface area contributed by atoms with Gasteiger partial charge in [-0.3, -0.25) is 4.90 Å². The molecule has 4 nitrogen and oxygen atoms in total. The van der Waals surface area contributed by atoms with Crippen molar-refractivity contribution in [3.8, 4) is 11.5 Å². The smallest absolute Gasteiger partial charge is 0.127 e. The van der Waals surface area contributed by atoms with E-state index in [1.165, 1.54) is 18.4 Å². The molecule has 0 aromatic heterocycles. The van der Waals surface area contributed by atoms with Gasteiger partial charge in [0.1, 0.15) is 11.5 Å². The third-order valence-corrected chi connectivity index (χ3v) is 4.94. The minimum absolute atomic E-state index is 0.278. The number of piperidine rings is 1. The second-order valence-electron chi connectivity index (χ2n) is 6.13. The van der Waals surface area contributed by atoms with Gasteiger partial charge in [-0.2, -0.15) is 0 Å². The number of nitrogens with one attached hydrogen (secondary N) is 1. The number of likely N-dealkylation sites (tertiary alicyclic amines) is 1. The molecule has 21 heavy (non-hydrogen) atoms. The summed E-state index contributed by atoms with van der Waals surface area (Å²) in [5, 5.41) is 3.45. The molecule has 0 bridgehead atoms. The first-order chi connectivity index (χ1) is 10.0. The van der Waals surface area contributed by atoms with Gasteiger partial charge in [0.15, 0.2) is 0 Å². The van der Waals surface area contributed by atoms with Crippen LogP contribution < -0.4 is 14.8 Å². The van der Waals surface area contributed by atoms with E-state index in [0.29, 0.717) is 6.04 Å². The zero-order valence-electron chi connectivity index (χ0n) is 13.9. The first-order valence-electron chi connectivity index (χ1n) is 7.68. The molecule has 1 N–H and O–H groups in total. The fourth-order valence-electron chi connectivity index (χ4n) is 3.02. The molecule has 1 atom stereocenters. The summed E-state index contributed by atoms with van der Waals surface area (Å²) >= 11 is 0. The Hall–Kier alpha value is -1.26. The summed E-state index contributed by atoms with van der Waals surface area (Å²) in [5.41, 5.74) is 1.51. The third kappa shape index (κ3) is 3.50. The van der Waals surface area contributed by atoms with Crippen LogP contribution in [0.2, 0.25) is 0 Å². The average Bonchev–Trinajstić information content (AvgIpc) is 2.54. The standard InChI is InChI=1S/C17H28N2O2/c1-13(19-10-8-17(2,18-3)9-11-19)15-7-6-14(20-4)12-16(15)21-5/h6-7,12-13,18H,8-11H2,1-5H3. The molecule has 4 heteroatoms. The first-order valence-corrected chi connectivity index (χ1v) is 7.68. The van der Waals surface area contributed by atoms with Crippen molar-refractivity contribution in [2.24, 2.45) is 0 Å². The Morgan fingerprint density at radius 1 is 1.19 bits per heavy atom. The van der Waals surface area contributed by atoms with Crippen LogP contribution in [-0.2, 0) is 0 Å². The Kier molecular flexibility index (Phi) is 5.12. The normalized spacial score (nSPS) is 20.0. The summed E-state index contributed by atoms with van der Waals surface area (Å²) in [7, 11) is 5.46. The average molecular weight is 292 g/mol. The molecule has 2 rings (SSSR count). The molecule has 1 aliphatic rings. The molecule has 1 aromatic rings. The SMILES string of the molecule is CNC1(C)CCN(C(C)c2ccc(OC)cc2OC)CC1. The highest BCUT2D eigenvalue weighted by Gasteiger charge is 2.31.